The van der Waals surface area contributed by atoms with Crippen LogP contribution in [0.25, 0.3) is 0 Å². The van der Waals surface area contributed by atoms with Crippen LogP contribution in [-0.4, -0.2) is 29.8 Å². The molecule has 2 unspecified atom stereocenters. The number of fused-ring (bicyclic) bond motifs is 7. The molecule has 6 rings (SSSR count). The minimum Gasteiger partial charge on any atom is -0.550 e. The van der Waals surface area contributed by atoms with Gasteiger partial charge in [0, 0.05) is 34.6 Å². The Morgan fingerprint density at radius 1 is 0.787 bits per heavy atom. The maximum atomic E-state index is 14.6. The van der Waals surface area contributed by atoms with Crippen LogP contribution in [0.1, 0.15) is 132 Å². The maximum absolute atomic E-state index is 14.6. The summed E-state index contributed by atoms with van der Waals surface area (Å²) in [4.78, 5) is 52.1. The Labute approximate surface area is 326 Å². The summed E-state index contributed by atoms with van der Waals surface area (Å²) in [5, 5.41) is 24.1. The molecule has 5 saturated carbocycles. The summed E-state index contributed by atoms with van der Waals surface area (Å²) in [5.41, 5.74) is -0.847. The van der Waals surface area contributed by atoms with Crippen LogP contribution in [0.5, 0.6) is 0 Å². The van der Waals surface area contributed by atoms with Crippen LogP contribution >= 0.6 is 0 Å². The molecule has 0 saturated heterocycles. The smallest absolute Gasteiger partial charge is 0.550 e. The van der Waals surface area contributed by atoms with Gasteiger partial charge in [0.1, 0.15) is 6.10 Å². The van der Waals surface area contributed by atoms with Crippen molar-refractivity contribution >= 4 is 23.7 Å². The number of carboxylic acids is 2. The van der Waals surface area contributed by atoms with Gasteiger partial charge >= 0.3 is 65.1 Å². The fourth-order valence-electron chi connectivity index (χ4n) is 12.5. The van der Waals surface area contributed by atoms with E-state index in [1.165, 1.54) is 5.57 Å². The molecule has 0 aromatic rings. The number of carboxylic acid groups (broad SMARTS) is 2. The Bertz CT molecular complexity index is 1340. The minimum absolute atomic E-state index is 0. The predicted molar refractivity (Wildman–Crippen MR) is 165 cm³/mol. The third-order valence-electron chi connectivity index (χ3n) is 15.6. The van der Waals surface area contributed by atoms with Gasteiger partial charge in [-0.25, -0.2) is 0 Å². The van der Waals surface area contributed by atoms with Crippen LogP contribution in [0.3, 0.4) is 0 Å². The average molecular weight is 669 g/mol. The molecule has 0 bridgehead atoms. The van der Waals surface area contributed by atoms with Crippen LogP contribution in [0.2, 0.25) is 0 Å². The van der Waals surface area contributed by atoms with Crippen molar-refractivity contribution in [1.29, 1.82) is 0 Å². The normalized spacial score (nSPS) is 46.8. The van der Waals surface area contributed by atoms with Crippen molar-refractivity contribution in [3.8, 4) is 0 Å². The number of hydrogen-bond donors (Lipinski definition) is 0. The van der Waals surface area contributed by atoms with E-state index in [-0.39, 0.29) is 116 Å². The van der Waals surface area contributed by atoms with E-state index in [2.05, 4.69) is 41.5 Å². The molecule has 11 atom stereocenters. The minimum atomic E-state index is -1.16. The monoisotopic (exact) mass is 668 g/mol. The van der Waals surface area contributed by atoms with Crippen molar-refractivity contribution in [2.45, 2.75) is 138 Å². The molecule has 250 valence electrons. The van der Waals surface area contributed by atoms with Gasteiger partial charge in [0.05, 0.1) is 5.92 Å². The molecule has 0 aromatic carbocycles. The zero-order valence-electron chi connectivity index (χ0n) is 30.6. The first kappa shape index (κ1) is 39.6. The van der Waals surface area contributed by atoms with Crippen LogP contribution in [0.4, 0.5) is 0 Å². The molecule has 0 spiro atoms. The Morgan fingerprint density at radius 3 is 2.02 bits per heavy atom. The van der Waals surface area contributed by atoms with Crippen LogP contribution < -0.4 is 69.3 Å². The van der Waals surface area contributed by atoms with E-state index < -0.39 is 35.2 Å². The third kappa shape index (κ3) is 5.83. The second-order valence-corrected chi connectivity index (χ2v) is 18.1. The molecule has 0 aliphatic heterocycles. The molecule has 0 heterocycles. The summed E-state index contributed by atoms with van der Waals surface area (Å²) in [5.74, 6) is -3.75. The van der Waals surface area contributed by atoms with E-state index >= 15 is 0 Å². The van der Waals surface area contributed by atoms with E-state index in [0.717, 1.165) is 51.4 Å². The van der Waals surface area contributed by atoms with E-state index in [1.54, 1.807) is 0 Å². The van der Waals surface area contributed by atoms with Gasteiger partial charge in [-0.1, -0.05) is 66.9 Å². The number of carbonyl (C=O) groups excluding carboxylic acids is 4. The van der Waals surface area contributed by atoms with E-state index in [0.29, 0.717) is 32.1 Å². The summed E-state index contributed by atoms with van der Waals surface area (Å²) in [6, 6.07) is 0. The van der Waals surface area contributed by atoms with E-state index in [9.17, 15) is 29.4 Å². The van der Waals surface area contributed by atoms with Crippen molar-refractivity contribution in [2.24, 2.45) is 62.1 Å². The molecular formula is C38H54Na2O7. The molecule has 7 nitrogen and oxygen atoms in total. The summed E-state index contributed by atoms with van der Waals surface area (Å²) in [7, 11) is 0. The number of esters is 1. The van der Waals surface area contributed by atoms with Gasteiger partial charge in [0.25, 0.3) is 0 Å². The summed E-state index contributed by atoms with van der Waals surface area (Å²) >= 11 is 0. The zero-order valence-corrected chi connectivity index (χ0v) is 34.6. The van der Waals surface area contributed by atoms with E-state index in [4.69, 9.17) is 4.74 Å². The van der Waals surface area contributed by atoms with Gasteiger partial charge in [0.15, 0.2) is 5.78 Å². The van der Waals surface area contributed by atoms with Crippen molar-refractivity contribution < 1.29 is 93.2 Å². The second-order valence-electron chi connectivity index (χ2n) is 18.1. The number of aliphatic carboxylic acids is 2. The standard InChI is InChI=1S/C38H56O7.2Na/c1-33(2)27-12-15-38(7)29(36(27,5)14-13-28(33)45-31(42)23-11-9-8-10-22(23)30(40)41)26(39)20-24-25-21-35(4,32(43)44)17-16-34(25,3)18-19-37(24,38)6;;/h20,22-23,25,27-29H,8-19,21H2,1-7H3,(H,40,41)(H,43,44);;/q;2*+1/p-2/t22?,23?,25-,27-,28-,29+,34+,35-,36-,37+,38+;;/m0../s1. The van der Waals surface area contributed by atoms with Crippen LogP contribution in [0.15, 0.2) is 11.6 Å². The summed E-state index contributed by atoms with van der Waals surface area (Å²) in [6.45, 7) is 15.5. The Kier molecular flexibility index (Phi) is 11.0. The van der Waals surface area contributed by atoms with Gasteiger partial charge in [-0.3, -0.25) is 9.59 Å². The van der Waals surface area contributed by atoms with Gasteiger partial charge < -0.3 is 24.5 Å². The molecule has 0 amide bonds. The number of hydrogen-bond acceptors (Lipinski definition) is 7. The predicted octanol–water partition coefficient (Wildman–Crippen LogP) is -0.807. The molecule has 47 heavy (non-hydrogen) atoms. The quantitative estimate of drug-likeness (QED) is 0.284. The molecule has 0 N–H and O–H groups in total. The maximum Gasteiger partial charge on any atom is 1.00 e. The molecule has 6 aliphatic carbocycles. The van der Waals surface area contributed by atoms with Crippen molar-refractivity contribution in [3.05, 3.63) is 11.6 Å². The van der Waals surface area contributed by atoms with Gasteiger partial charge in [-0.15, -0.1) is 0 Å². The van der Waals surface area contributed by atoms with Crippen LogP contribution in [0, 0.1) is 62.1 Å². The van der Waals surface area contributed by atoms with Gasteiger partial charge in [-0.05, 0) is 110 Å². The summed E-state index contributed by atoms with van der Waals surface area (Å²) in [6.07, 6.45) is 11.5. The van der Waals surface area contributed by atoms with Crippen molar-refractivity contribution in [3.63, 3.8) is 0 Å². The number of allylic oxidation sites excluding steroid dienone is 2. The first-order valence-electron chi connectivity index (χ1n) is 17.7. The second kappa shape index (κ2) is 13.1. The summed E-state index contributed by atoms with van der Waals surface area (Å²) < 4.78 is 6.24. The zero-order chi connectivity index (χ0) is 33.0. The Hall–Kier alpha value is -0.180. The first-order chi connectivity index (χ1) is 20.8. The fraction of sp³-hybridized carbons (Fsp3) is 0.842. The molecule has 9 heteroatoms. The molecule has 6 aliphatic rings. The molecule has 0 aromatic heterocycles. The topological polar surface area (TPSA) is 124 Å². The fourth-order valence-corrected chi connectivity index (χ4v) is 12.5. The molecule has 5 fully saturated rings. The number of rotatable bonds is 4. The Morgan fingerprint density at radius 2 is 1.40 bits per heavy atom. The van der Waals surface area contributed by atoms with Crippen molar-refractivity contribution in [2.75, 3.05) is 0 Å². The molecular weight excluding hydrogens is 614 g/mol. The first-order valence-corrected chi connectivity index (χ1v) is 17.7. The molecule has 0 radical (unpaired) electrons. The largest absolute Gasteiger partial charge is 1.00 e. The average Bonchev–Trinajstić information content (AvgIpc) is 2.96. The number of carbonyl (C=O) groups is 4. The Balaban J connectivity index is 0.00000250. The van der Waals surface area contributed by atoms with E-state index in [1.807, 2.05) is 13.0 Å². The number of ketones is 1. The van der Waals surface area contributed by atoms with Crippen molar-refractivity contribution in [1.82, 2.24) is 0 Å². The number of ether oxygens (including phenoxy) is 1. The van der Waals surface area contributed by atoms with Gasteiger partial charge in [-0.2, -0.15) is 0 Å². The third-order valence-corrected chi connectivity index (χ3v) is 15.6. The SMILES string of the molecule is CC1(C)[C@@H](OC(=O)C2CCCCC2C(=O)[O-])CC[C@]2(C)[C@H]3C(=O)C=C4[C@@H]5C[C@@](C)(C(=O)[O-])CC[C@]5(C)CC[C@@]4(C)[C@]3(C)CC[C@@H]12.[Na+].[Na+]. The van der Waals surface area contributed by atoms with Crippen LogP contribution in [-0.2, 0) is 23.9 Å². The van der Waals surface area contributed by atoms with Gasteiger partial charge in [0.2, 0.25) is 0 Å².